The third-order valence-corrected chi connectivity index (χ3v) is 4.31. The molecule has 0 saturated heterocycles. The number of carbonyl (C=O) groups is 1. The van der Waals surface area contributed by atoms with Crippen molar-refractivity contribution in [2.45, 2.75) is 39.5 Å². The number of aromatic nitrogens is 2. The highest BCUT2D eigenvalue weighted by molar-refractivity contribution is 5.96. The monoisotopic (exact) mass is 353 g/mol. The maximum Gasteiger partial charge on any atom is 0.256 e. The van der Waals surface area contributed by atoms with Crippen molar-refractivity contribution in [3.63, 3.8) is 0 Å². The molecule has 6 heteroatoms. The molecule has 2 aromatic heterocycles. The van der Waals surface area contributed by atoms with Crippen LogP contribution in [-0.2, 0) is 11.8 Å². The van der Waals surface area contributed by atoms with Gasteiger partial charge in [0.05, 0.1) is 0 Å². The van der Waals surface area contributed by atoms with Crippen molar-refractivity contribution in [1.29, 1.82) is 0 Å². The summed E-state index contributed by atoms with van der Waals surface area (Å²) in [5, 5.41) is 7.87. The summed E-state index contributed by atoms with van der Waals surface area (Å²) in [5.74, 6) is 0.266. The molecule has 26 heavy (non-hydrogen) atoms. The fourth-order valence-corrected chi connectivity index (χ4v) is 2.93. The molecular weight excluding hydrogens is 330 g/mol. The first-order valence-corrected chi connectivity index (χ1v) is 8.63. The second-order valence-electron chi connectivity index (χ2n) is 7.43. The molecule has 136 valence electrons. The highest BCUT2D eigenvalue weighted by atomic mass is 16.5. The molecule has 2 N–H and O–H groups in total. The summed E-state index contributed by atoms with van der Waals surface area (Å²) in [7, 11) is 0. The van der Waals surface area contributed by atoms with Crippen LogP contribution in [0.15, 0.2) is 39.6 Å². The summed E-state index contributed by atoms with van der Waals surface area (Å²) < 4.78 is 5.21. The molecule has 1 aromatic carbocycles. The molecule has 3 rings (SSSR count). The number of para-hydroxylation sites is 1. The van der Waals surface area contributed by atoms with Gasteiger partial charge in [-0.2, -0.15) is 0 Å². The summed E-state index contributed by atoms with van der Waals surface area (Å²) in [6, 6.07) is 9.49. The van der Waals surface area contributed by atoms with Crippen LogP contribution in [0.25, 0.3) is 10.9 Å². The molecule has 1 amide bonds. The minimum absolute atomic E-state index is 0.130. The Bertz CT molecular complexity index is 1010. The standard InChI is InChI=1S/C20H23N3O3/c1-12-16(17(23-26-12)20(2,3)4)19(25)21-10-9-14-11-13-7-5-6-8-15(13)22-18(14)24/h5-8,11H,9-10H2,1-4H3,(H,21,25)(H,22,24). The van der Waals surface area contributed by atoms with E-state index in [2.05, 4.69) is 15.5 Å². The minimum atomic E-state index is -0.292. The third-order valence-electron chi connectivity index (χ3n) is 4.31. The second-order valence-corrected chi connectivity index (χ2v) is 7.43. The lowest BCUT2D eigenvalue weighted by atomic mass is 9.88. The number of hydrogen-bond donors (Lipinski definition) is 2. The molecule has 3 aromatic rings. The van der Waals surface area contributed by atoms with Crippen LogP contribution in [0.1, 0.15) is 48.1 Å². The fourth-order valence-electron chi connectivity index (χ4n) is 2.93. The topological polar surface area (TPSA) is 88.0 Å². The number of fused-ring (bicyclic) bond motifs is 1. The zero-order valence-corrected chi connectivity index (χ0v) is 15.5. The van der Waals surface area contributed by atoms with Crippen molar-refractivity contribution in [3.05, 3.63) is 63.3 Å². The van der Waals surface area contributed by atoms with Crippen molar-refractivity contribution in [2.24, 2.45) is 0 Å². The maximum absolute atomic E-state index is 12.6. The van der Waals surface area contributed by atoms with Crippen LogP contribution in [0.4, 0.5) is 0 Å². The van der Waals surface area contributed by atoms with Gasteiger partial charge in [-0.25, -0.2) is 0 Å². The molecule has 0 aliphatic carbocycles. The van der Waals surface area contributed by atoms with E-state index in [1.54, 1.807) is 6.92 Å². The van der Waals surface area contributed by atoms with Gasteiger partial charge in [0.1, 0.15) is 17.0 Å². The minimum Gasteiger partial charge on any atom is -0.361 e. The molecular formula is C20H23N3O3. The third kappa shape index (κ3) is 3.54. The second kappa shape index (κ2) is 6.78. The number of nitrogens with zero attached hydrogens (tertiary/aromatic N) is 1. The Morgan fingerprint density at radius 1 is 1.27 bits per heavy atom. The molecule has 0 saturated carbocycles. The fraction of sp³-hybridized carbons (Fsp3) is 0.350. The summed E-state index contributed by atoms with van der Waals surface area (Å²) in [4.78, 5) is 27.6. The molecule has 0 radical (unpaired) electrons. The lowest BCUT2D eigenvalue weighted by Crippen LogP contribution is -2.30. The molecule has 0 spiro atoms. The van der Waals surface area contributed by atoms with Crippen LogP contribution in [-0.4, -0.2) is 22.6 Å². The lowest BCUT2D eigenvalue weighted by molar-refractivity contribution is 0.0950. The largest absolute Gasteiger partial charge is 0.361 e. The van der Waals surface area contributed by atoms with Gasteiger partial charge in [0, 0.05) is 23.0 Å². The Labute approximate surface area is 151 Å². The van der Waals surface area contributed by atoms with E-state index in [4.69, 9.17) is 4.52 Å². The zero-order valence-electron chi connectivity index (χ0n) is 15.5. The first kappa shape index (κ1) is 17.9. The Balaban J connectivity index is 1.73. The Hall–Kier alpha value is -2.89. The van der Waals surface area contributed by atoms with Crippen LogP contribution >= 0.6 is 0 Å². The van der Waals surface area contributed by atoms with E-state index in [1.807, 2.05) is 51.1 Å². The Kier molecular flexibility index (Phi) is 4.68. The Morgan fingerprint density at radius 3 is 2.73 bits per heavy atom. The first-order valence-electron chi connectivity index (χ1n) is 8.63. The average molecular weight is 353 g/mol. The summed E-state index contributed by atoms with van der Waals surface area (Å²) in [6.07, 6.45) is 0.446. The van der Waals surface area contributed by atoms with E-state index in [-0.39, 0.29) is 16.9 Å². The van der Waals surface area contributed by atoms with E-state index < -0.39 is 0 Å². The van der Waals surface area contributed by atoms with Crippen molar-refractivity contribution in [1.82, 2.24) is 15.5 Å². The van der Waals surface area contributed by atoms with E-state index >= 15 is 0 Å². The number of aryl methyl sites for hydroxylation is 1. The molecule has 6 nitrogen and oxygen atoms in total. The number of hydrogen-bond acceptors (Lipinski definition) is 4. The lowest BCUT2D eigenvalue weighted by Gasteiger charge is -2.16. The number of aromatic amines is 1. The van der Waals surface area contributed by atoms with Crippen molar-refractivity contribution in [2.75, 3.05) is 6.54 Å². The summed E-state index contributed by atoms with van der Waals surface area (Å²) in [5.41, 5.74) is 2.14. The van der Waals surface area contributed by atoms with E-state index in [0.717, 1.165) is 10.9 Å². The highest BCUT2D eigenvalue weighted by Crippen LogP contribution is 2.26. The van der Waals surface area contributed by atoms with Crippen LogP contribution < -0.4 is 10.9 Å². The van der Waals surface area contributed by atoms with Crippen molar-refractivity contribution >= 4 is 16.8 Å². The van der Waals surface area contributed by atoms with Crippen molar-refractivity contribution in [3.8, 4) is 0 Å². The van der Waals surface area contributed by atoms with Gasteiger partial charge in [-0.3, -0.25) is 9.59 Å². The van der Waals surface area contributed by atoms with E-state index in [9.17, 15) is 9.59 Å². The van der Waals surface area contributed by atoms with Crippen molar-refractivity contribution < 1.29 is 9.32 Å². The quantitative estimate of drug-likeness (QED) is 0.754. The van der Waals surface area contributed by atoms with Gasteiger partial charge in [0.25, 0.3) is 11.5 Å². The molecule has 0 fully saturated rings. The predicted octanol–water partition coefficient (Wildman–Crippen LogP) is 3.09. The smallest absolute Gasteiger partial charge is 0.256 e. The summed E-state index contributed by atoms with van der Waals surface area (Å²) >= 11 is 0. The highest BCUT2D eigenvalue weighted by Gasteiger charge is 2.28. The number of carbonyl (C=O) groups excluding carboxylic acids is 1. The van der Waals surface area contributed by atoms with Gasteiger partial charge in [-0.1, -0.05) is 44.1 Å². The normalized spacial score (nSPS) is 11.7. The number of amides is 1. The average Bonchev–Trinajstić information content (AvgIpc) is 2.97. The number of benzene rings is 1. The number of rotatable bonds is 4. The van der Waals surface area contributed by atoms with Gasteiger partial charge in [0.2, 0.25) is 0 Å². The van der Waals surface area contributed by atoms with Crippen LogP contribution in [0.5, 0.6) is 0 Å². The van der Waals surface area contributed by atoms with Gasteiger partial charge in [-0.15, -0.1) is 0 Å². The molecule has 0 aliphatic rings. The summed E-state index contributed by atoms with van der Waals surface area (Å²) in [6.45, 7) is 8.03. The van der Waals surface area contributed by atoms with Crippen LogP contribution in [0.2, 0.25) is 0 Å². The van der Waals surface area contributed by atoms with E-state index in [1.165, 1.54) is 0 Å². The SMILES string of the molecule is Cc1onc(C(C)(C)C)c1C(=O)NCCc1cc2ccccc2[nH]c1=O. The molecule has 0 bridgehead atoms. The van der Waals surface area contributed by atoms with Crippen LogP contribution in [0.3, 0.4) is 0 Å². The number of pyridine rings is 1. The van der Waals surface area contributed by atoms with Crippen LogP contribution in [0, 0.1) is 6.92 Å². The molecule has 0 aliphatic heterocycles. The molecule has 2 heterocycles. The molecule has 0 unspecified atom stereocenters. The Morgan fingerprint density at radius 2 is 2.00 bits per heavy atom. The van der Waals surface area contributed by atoms with Gasteiger partial charge >= 0.3 is 0 Å². The first-order chi connectivity index (χ1) is 12.3. The van der Waals surface area contributed by atoms with Gasteiger partial charge in [-0.05, 0) is 30.9 Å². The maximum atomic E-state index is 12.6. The van der Waals surface area contributed by atoms with Gasteiger partial charge in [0.15, 0.2) is 0 Å². The zero-order chi connectivity index (χ0) is 18.9. The predicted molar refractivity (Wildman–Crippen MR) is 101 cm³/mol. The number of H-pyrrole nitrogens is 1. The molecule has 0 atom stereocenters. The van der Waals surface area contributed by atoms with Gasteiger partial charge < -0.3 is 14.8 Å². The van der Waals surface area contributed by atoms with E-state index in [0.29, 0.717) is 35.5 Å². The number of nitrogens with one attached hydrogen (secondary N) is 2.